The molecule has 0 atom stereocenters. The number of carbonyl (C=O) groups excluding carboxylic acids is 1. The Kier molecular flexibility index (Phi) is 7.21. The van der Waals surface area contributed by atoms with E-state index in [0.29, 0.717) is 17.3 Å². The summed E-state index contributed by atoms with van der Waals surface area (Å²) in [6.45, 7) is 2.04. The van der Waals surface area contributed by atoms with Crippen LogP contribution in [0.4, 0.5) is 11.8 Å². The van der Waals surface area contributed by atoms with Gasteiger partial charge in [0, 0.05) is 37.1 Å². The van der Waals surface area contributed by atoms with Gasteiger partial charge < -0.3 is 20.3 Å². The van der Waals surface area contributed by atoms with Crippen LogP contribution < -0.4 is 20.3 Å². The summed E-state index contributed by atoms with van der Waals surface area (Å²) in [4.78, 5) is 24.3. The van der Waals surface area contributed by atoms with E-state index in [-0.39, 0.29) is 18.0 Å². The molecule has 7 heteroatoms. The topological polar surface area (TPSA) is 79.4 Å². The van der Waals surface area contributed by atoms with E-state index in [1.165, 1.54) is 5.56 Å². The second-order valence-electron chi connectivity index (χ2n) is 9.89. The fourth-order valence-electron chi connectivity index (χ4n) is 4.72. The number of aryl methyl sites for hydroxylation is 1. The molecule has 0 saturated heterocycles. The molecular weight excluding hydrogens is 462 g/mol. The molecule has 2 N–H and O–H groups in total. The van der Waals surface area contributed by atoms with E-state index in [1.807, 2.05) is 98.7 Å². The summed E-state index contributed by atoms with van der Waals surface area (Å²) >= 11 is 0. The zero-order valence-electron chi connectivity index (χ0n) is 21.6. The van der Waals surface area contributed by atoms with Crippen LogP contribution in [0.3, 0.4) is 0 Å². The highest BCUT2D eigenvalue weighted by atomic mass is 16.5. The molecule has 1 amide bonds. The molecule has 0 radical (unpaired) electrons. The number of aromatic nitrogens is 2. The summed E-state index contributed by atoms with van der Waals surface area (Å²) in [7, 11) is 3.99. The molecule has 0 unspecified atom stereocenters. The molecule has 0 aliphatic heterocycles. The van der Waals surface area contributed by atoms with Crippen LogP contribution in [0.25, 0.3) is 10.9 Å². The maximum Gasteiger partial charge on any atom is 0.251 e. The van der Waals surface area contributed by atoms with E-state index in [9.17, 15) is 4.79 Å². The molecule has 0 spiro atoms. The third-order valence-electron chi connectivity index (χ3n) is 6.78. The Morgan fingerprint density at radius 2 is 1.46 bits per heavy atom. The minimum absolute atomic E-state index is 0.0493. The lowest BCUT2D eigenvalue weighted by atomic mass is 9.91. The molecule has 1 aliphatic carbocycles. The van der Waals surface area contributed by atoms with E-state index in [4.69, 9.17) is 14.7 Å². The van der Waals surface area contributed by atoms with Crippen LogP contribution in [-0.2, 0) is 0 Å². The standard InChI is InChI=1S/C30H33N5O2/c1-20-8-16-24(17-9-20)37-25-18-10-21(11-19-25)29(36)31-22-12-14-23(15-13-22)32-30-33-27-7-5-4-6-26(27)28(34-30)35(2)3/h4-11,16-19,22-23H,12-15H2,1-3H3,(H,31,36)(H,32,33,34). The highest BCUT2D eigenvalue weighted by molar-refractivity contribution is 5.94. The van der Waals surface area contributed by atoms with E-state index in [2.05, 4.69) is 10.6 Å². The number of rotatable bonds is 7. The first-order valence-electron chi connectivity index (χ1n) is 12.8. The van der Waals surface area contributed by atoms with Crippen LogP contribution in [0.5, 0.6) is 11.5 Å². The quantitative estimate of drug-likeness (QED) is 0.330. The van der Waals surface area contributed by atoms with Crippen LogP contribution in [0, 0.1) is 6.92 Å². The van der Waals surface area contributed by atoms with Crippen molar-refractivity contribution in [3.8, 4) is 11.5 Å². The van der Waals surface area contributed by atoms with E-state index in [1.54, 1.807) is 0 Å². The monoisotopic (exact) mass is 495 g/mol. The molecule has 1 heterocycles. The normalized spacial score (nSPS) is 17.3. The maximum atomic E-state index is 12.8. The Hall–Kier alpha value is -4.13. The van der Waals surface area contributed by atoms with Gasteiger partial charge in [0.15, 0.2) is 0 Å². The average Bonchev–Trinajstić information content (AvgIpc) is 2.91. The number of benzene rings is 3. The molecular formula is C30H33N5O2. The zero-order chi connectivity index (χ0) is 25.8. The van der Waals surface area contributed by atoms with Crippen molar-refractivity contribution in [1.29, 1.82) is 0 Å². The summed E-state index contributed by atoms with van der Waals surface area (Å²) in [5, 5.41) is 7.77. The Bertz CT molecular complexity index is 1360. The largest absolute Gasteiger partial charge is 0.457 e. The van der Waals surface area contributed by atoms with Gasteiger partial charge >= 0.3 is 0 Å². The van der Waals surface area contributed by atoms with Crippen molar-refractivity contribution >= 4 is 28.6 Å². The summed E-state index contributed by atoms with van der Waals surface area (Å²) in [6.07, 6.45) is 3.71. The summed E-state index contributed by atoms with van der Waals surface area (Å²) in [6, 6.07) is 23.7. The van der Waals surface area contributed by atoms with Crippen LogP contribution >= 0.6 is 0 Å². The number of fused-ring (bicyclic) bond motifs is 1. The van der Waals surface area contributed by atoms with Crippen molar-refractivity contribution in [3.05, 3.63) is 83.9 Å². The van der Waals surface area contributed by atoms with Gasteiger partial charge in [0.25, 0.3) is 5.91 Å². The van der Waals surface area contributed by atoms with Gasteiger partial charge in [-0.15, -0.1) is 0 Å². The second kappa shape index (κ2) is 10.9. The van der Waals surface area contributed by atoms with Crippen LogP contribution in [0.1, 0.15) is 41.6 Å². The van der Waals surface area contributed by atoms with E-state index >= 15 is 0 Å². The van der Waals surface area contributed by atoms with Crippen molar-refractivity contribution in [2.45, 2.75) is 44.7 Å². The number of para-hydroxylation sites is 1. The summed E-state index contributed by atoms with van der Waals surface area (Å²) < 4.78 is 5.87. The molecule has 7 nitrogen and oxygen atoms in total. The molecule has 5 rings (SSSR count). The molecule has 1 saturated carbocycles. The Balaban J connectivity index is 1.14. The van der Waals surface area contributed by atoms with Crippen molar-refractivity contribution in [3.63, 3.8) is 0 Å². The fourth-order valence-corrected chi connectivity index (χ4v) is 4.72. The van der Waals surface area contributed by atoms with Crippen molar-refractivity contribution in [2.75, 3.05) is 24.3 Å². The number of hydrogen-bond donors (Lipinski definition) is 2. The van der Waals surface area contributed by atoms with Crippen LogP contribution in [-0.4, -0.2) is 42.1 Å². The molecule has 1 aliphatic rings. The smallest absolute Gasteiger partial charge is 0.251 e. The predicted molar refractivity (Wildman–Crippen MR) is 149 cm³/mol. The molecule has 190 valence electrons. The van der Waals surface area contributed by atoms with Crippen molar-refractivity contribution in [1.82, 2.24) is 15.3 Å². The van der Waals surface area contributed by atoms with Gasteiger partial charge in [-0.1, -0.05) is 29.8 Å². The minimum Gasteiger partial charge on any atom is -0.457 e. The molecule has 1 aromatic heterocycles. The van der Waals surface area contributed by atoms with Gasteiger partial charge in [-0.05, 0) is 81.1 Å². The zero-order valence-corrected chi connectivity index (χ0v) is 21.6. The Labute approximate surface area is 217 Å². The third kappa shape index (κ3) is 6.00. The Morgan fingerprint density at radius 3 is 2.14 bits per heavy atom. The van der Waals surface area contributed by atoms with Gasteiger partial charge in [0.05, 0.1) is 5.52 Å². The first-order chi connectivity index (χ1) is 17.9. The Morgan fingerprint density at radius 1 is 0.838 bits per heavy atom. The average molecular weight is 496 g/mol. The number of amides is 1. The summed E-state index contributed by atoms with van der Waals surface area (Å²) in [5.74, 6) is 3.00. The molecule has 37 heavy (non-hydrogen) atoms. The summed E-state index contributed by atoms with van der Waals surface area (Å²) in [5.41, 5.74) is 2.75. The molecule has 4 aromatic rings. The number of anilines is 2. The van der Waals surface area contributed by atoms with Crippen molar-refractivity contribution < 1.29 is 9.53 Å². The SMILES string of the molecule is Cc1ccc(Oc2ccc(C(=O)NC3CCC(Nc4nc(N(C)C)c5ccccc5n4)CC3)cc2)cc1. The molecule has 0 bridgehead atoms. The van der Waals surface area contributed by atoms with Gasteiger partial charge in [0.2, 0.25) is 5.95 Å². The highest BCUT2D eigenvalue weighted by Crippen LogP contribution is 2.27. The number of carbonyl (C=O) groups is 1. The van der Waals surface area contributed by atoms with E-state index < -0.39 is 0 Å². The van der Waals surface area contributed by atoms with Crippen molar-refractivity contribution in [2.24, 2.45) is 0 Å². The van der Waals surface area contributed by atoms with Crippen LogP contribution in [0.2, 0.25) is 0 Å². The first-order valence-corrected chi connectivity index (χ1v) is 12.8. The predicted octanol–water partition coefficient (Wildman–Crippen LogP) is 5.95. The fraction of sp³-hybridized carbons (Fsp3) is 0.300. The minimum atomic E-state index is -0.0493. The lowest BCUT2D eigenvalue weighted by molar-refractivity contribution is 0.0926. The third-order valence-corrected chi connectivity index (χ3v) is 6.78. The number of nitrogens with zero attached hydrogens (tertiary/aromatic N) is 3. The number of nitrogens with one attached hydrogen (secondary N) is 2. The first kappa shape index (κ1) is 24.6. The second-order valence-corrected chi connectivity index (χ2v) is 9.89. The molecule has 3 aromatic carbocycles. The van der Waals surface area contributed by atoms with Gasteiger partial charge in [-0.2, -0.15) is 4.98 Å². The van der Waals surface area contributed by atoms with Gasteiger partial charge in [-0.3, -0.25) is 4.79 Å². The molecule has 1 fully saturated rings. The lowest BCUT2D eigenvalue weighted by Gasteiger charge is -2.30. The van der Waals surface area contributed by atoms with Crippen LogP contribution in [0.15, 0.2) is 72.8 Å². The van der Waals surface area contributed by atoms with Gasteiger partial charge in [-0.25, -0.2) is 4.98 Å². The highest BCUT2D eigenvalue weighted by Gasteiger charge is 2.24. The number of ether oxygens (including phenoxy) is 1. The van der Waals surface area contributed by atoms with Gasteiger partial charge in [0.1, 0.15) is 17.3 Å². The van der Waals surface area contributed by atoms with E-state index in [0.717, 1.165) is 48.2 Å². The maximum absolute atomic E-state index is 12.8. The number of hydrogen-bond acceptors (Lipinski definition) is 6. The lowest BCUT2D eigenvalue weighted by Crippen LogP contribution is -2.40.